The van der Waals surface area contributed by atoms with Gasteiger partial charge in [-0.1, -0.05) is 0 Å². The third-order valence-corrected chi connectivity index (χ3v) is 7.01. The molecule has 0 aromatic carbocycles. The fourth-order valence-electron chi connectivity index (χ4n) is 4.86. The second kappa shape index (κ2) is 8.60. The molecule has 2 aromatic rings. The van der Waals surface area contributed by atoms with Crippen molar-refractivity contribution in [3.63, 3.8) is 0 Å². The van der Waals surface area contributed by atoms with Gasteiger partial charge in [-0.15, -0.1) is 5.10 Å². The van der Waals surface area contributed by atoms with Crippen molar-refractivity contribution in [1.82, 2.24) is 40.0 Å². The van der Waals surface area contributed by atoms with Gasteiger partial charge in [0, 0.05) is 20.2 Å². The number of amides is 1. The molecule has 2 fully saturated rings. The van der Waals surface area contributed by atoms with E-state index >= 15 is 0 Å². The lowest BCUT2D eigenvalue weighted by Gasteiger charge is -2.39. The van der Waals surface area contributed by atoms with Gasteiger partial charge in [0.1, 0.15) is 19.0 Å². The maximum atomic E-state index is 13.3. The van der Waals surface area contributed by atoms with Crippen LogP contribution in [0.25, 0.3) is 5.82 Å². The van der Waals surface area contributed by atoms with Gasteiger partial charge in [-0.3, -0.25) is 9.78 Å². The summed E-state index contributed by atoms with van der Waals surface area (Å²) in [6.07, 6.45) is 6.89. The monoisotopic (exact) mass is 454 g/mol. The fraction of sp³-hybridized carbons (Fsp3) is 0.571. The van der Waals surface area contributed by atoms with E-state index in [9.17, 15) is 9.59 Å². The number of nitrogens with zero attached hydrogens (tertiary/aromatic N) is 8. The van der Waals surface area contributed by atoms with Gasteiger partial charge in [0.05, 0.1) is 34.8 Å². The maximum absolute atomic E-state index is 13.3. The lowest BCUT2D eigenvalue weighted by Crippen LogP contribution is -2.45. The first-order valence-electron chi connectivity index (χ1n) is 11.0. The van der Waals surface area contributed by atoms with Crippen molar-refractivity contribution in [2.24, 2.45) is 5.41 Å². The lowest BCUT2D eigenvalue weighted by molar-refractivity contribution is -0.138. The van der Waals surface area contributed by atoms with Crippen LogP contribution in [0.2, 0.25) is 0 Å². The number of tetrazole rings is 1. The molecule has 0 bridgehead atoms. The normalized spacial score (nSPS) is 21.8. The molecule has 2 aromatic heterocycles. The molecule has 174 valence electrons. The smallest absolute Gasteiger partial charge is 0.336 e. The Morgan fingerprint density at radius 2 is 1.94 bits per heavy atom. The van der Waals surface area contributed by atoms with Crippen molar-refractivity contribution in [2.75, 3.05) is 39.9 Å². The van der Waals surface area contributed by atoms with Gasteiger partial charge in [0.15, 0.2) is 5.82 Å². The Labute approximate surface area is 190 Å². The maximum Gasteiger partial charge on any atom is 0.336 e. The van der Waals surface area contributed by atoms with E-state index in [-0.39, 0.29) is 30.0 Å². The third kappa shape index (κ3) is 3.89. The number of esters is 1. The van der Waals surface area contributed by atoms with E-state index in [4.69, 9.17) is 9.47 Å². The van der Waals surface area contributed by atoms with Crippen LogP contribution in [0.4, 0.5) is 0 Å². The van der Waals surface area contributed by atoms with Crippen LogP contribution in [-0.2, 0) is 19.1 Å². The van der Waals surface area contributed by atoms with Crippen LogP contribution in [0, 0.1) is 5.41 Å². The van der Waals surface area contributed by atoms with E-state index in [1.807, 2.05) is 0 Å². The van der Waals surface area contributed by atoms with Crippen molar-refractivity contribution in [1.29, 1.82) is 0 Å². The average molecular weight is 454 g/mol. The number of methoxy groups -OCH3 is 1. The van der Waals surface area contributed by atoms with Crippen LogP contribution in [0.3, 0.4) is 0 Å². The lowest BCUT2D eigenvalue weighted by atomic mass is 9.77. The fourth-order valence-corrected chi connectivity index (χ4v) is 4.86. The molecule has 3 aliphatic heterocycles. The van der Waals surface area contributed by atoms with E-state index in [0.717, 1.165) is 43.7 Å². The van der Waals surface area contributed by atoms with E-state index < -0.39 is 0 Å². The van der Waals surface area contributed by atoms with Crippen LogP contribution in [-0.4, -0.2) is 91.7 Å². The summed E-state index contributed by atoms with van der Waals surface area (Å²) < 4.78 is 12.2. The minimum Gasteiger partial charge on any atom is -0.456 e. The quantitative estimate of drug-likeness (QED) is 0.562. The number of likely N-dealkylation sites (tertiary alicyclic amines) is 2. The number of hydrogen-bond donors (Lipinski definition) is 0. The number of carbonyl (C=O) groups excluding carboxylic acids is 2. The highest BCUT2D eigenvalue weighted by molar-refractivity contribution is 5.94. The average Bonchev–Trinajstić information content (AvgIpc) is 3.56. The van der Waals surface area contributed by atoms with E-state index in [2.05, 4.69) is 30.4 Å². The van der Waals surface area contributed by atoms with Crippen LogP contribution >= 0.6 is 0 Å². The number of aromatic nitrogens is 6. The highest BCUT2D eigenvalue weighted by Gasteiger charge is 2.50. The first kappa shape index (κ1) is 21.6. The summed E-state index contributed by atoms with van der Waals surface area (Å²) in [6.45, 7) is 4.82. The predicted octanol–water partition coefficient (Wildman–Crippen LogP) is 0.285. The molecular formula is C21H26N8O4. The second-order valence-corrected chi connectivity index (χ2v) is 8.71. The molecule has 0 aliphatic carbocycles. The topological polar surface area (TPSA) is 128 Å². The highest BCUT2D eigenvalue weighted by atomic mass is 16.5. The predicted molar refractivity (Wildman–Crippen MR) is 113 cm³/mol. The van der Waals surface area contributed by atoms with Gasteiger partial charge in [0.25, 0.3) is 0 Å². The van der Waals surface area contributed by atoms with Crippen LogP contribution < -0.4 is 0 Å². The Morgan fingerprint density at radius 1 is 1.15 bits per heavy atom. The Balaban J connectivity index is 1.20. The molecular weight excluding hydrogens is 428 g/mol. The minimum absolute atomic E-state index is 0.127. The van der Waals surface area contributed by atoms with Crippen LogP contribution in [0.1, 0.15) is 38.0 Å². The van der Waals surface area contributed by atoms with Gasteiger partial charge in [-0.25, -0.2) is 9.78 Å². The summed E-state index contributed by atoms with van der Waals surface area (Å²) in [4.78, 5) is 38.0. The molecule has 1 atom stereocenters. The van der Waals surface area contributed by atoms with Crippen molar-refractivity contribution in [2.45, 2.75) is 32.3 Å². The van der Waals surface area contributed by atoms with Crippen molar-refractivity contribution in [3.05, 3.63) is 35.7 Å². The summed E-state index contributed by atoms with van der Waals surface area (Å²) in [7, 11) is 1.66. The number of piperidine rings is 1. The van der Waals surface area contributed by atoms with Crippen molar-refractivity contribution >= 4 is 11.9 Å². The molecule has 5 rings (SSSR count). The van der Waals surface area contributed by atoms with Gasteiger partial charge in [0.2, 0.25) is 5.91 Å². The summed E-state index contributed by atoms with van der Waals surface area (Å²) in [5.74, 6) is 0.331. The zero-order valence-electron chi connectivity index (χ0n) is 18.7. The van der Waals surface area contributed by atoms with Gasteiger partial charge < -0.3 is 19.3 Å². The molecule has 0 unspecified atom stereocenters. The largest absolute Gasteiger partial charge is 0.456 e. The molecule has 1 spiro atoms. The summed E-state index contributed by atoms with van der Waals surface area (Å²) in [5, 5.41) is 11.0. The van der Waals surface area contributed by atoms with Crippen molar-refractivity contribution < 1.29 is 19.1 Å². The molecule has 1 amide bonds. The van der Waals surface area contributed by atoms with Crippen LogP contribution in [0.5, 0.6) is 0 Å². The summed E-state index contributed by atoms with van der Waals surface area (Å²) >= 11 is 0. The standard InChI is InChI=1S/C21H26N8O4/c1-14-16(12-33-19(14)30)28-8-5-21(20(28)31)3-6-27(7-4-21)11-17(32-2)15-9-23-18(10-22-15)29-13-24-25-26-29/h9-10,13,17H,3-8,11-12H2,1-2H3/t17-/m0/s1. The van der Waals surface area contributed by atoms with Gasteiger partial charge in [-0.05, 0) is 49.7 Å². The zero-order valence-corrected chi connectivity index (χ0v) is 18.7. The third-order valence-electron chi connectivity index (χ3n) is 7.01. The Kier molecular flexibility index (Phi) is 5.62. The summed E-state index contributed by atoms with van der Waals surface area (Å²) in [6, 6.07) is 0. The van der Waals surface area contributed by atoms with Gasteiger partial charge >= 0.3 is 5.97 Å². The number of carbonyl (C=O) groups is 2. The highest BCUT2D eigenvalue weighted by Crippen LogP contribution is 2.44. The van der Waals surface area contributed by atoms with Crippen molar-refractivity contribution in [3.8, 4) is 5.82 Å². The first-order chi connectivity index (χ1) is 16.0. The number of cyclic esters (lactones) is 1. The van der Waals surface area contributed by atoms with E-state index in [1.165, 1.54) is 11.0 Å². The number of rotatable bonds is 6. The van der Waals surface area contributed by atoms with Gasteiger partial charge in [-0.2, -0.15) is 4.68 Å². The Morgan fingerprint density at radius 3 is 2.55 bits per heavy atom. The number of hydrogen-bond acceptors (Lipinski definition) is 10. The molecule has 0 radical (unpaired) electrons. The molecule has 33 heavy (non-hydrogen) atoms. The molecule has 0 N–H and O–H groups in total. The summed E-state index contributed by atoms with van der Waals surface area (Å²) in [5.41, 5.74) is 1.65. The molecule has 5 heterocycles. The molecule has 12 nitrogen and oxygen atoms in total. The SMILES string of the molecule is CO[C@@H](CN1CCC2(CC1)CCN(C1=C(C)C(=O)OC1)C2=O)c1cnc(-n2cnnn2)cn1. The second-order valence-electron chi connectivity index (χ2n) is 8.71. The first-order valence-corrected chi connectivity index (χ1v) is 11.0. The molecule has 0 saturated carbocycles. The Hall–Kier alpha value is -3.25. The molecule has 2 saturated heterocycles. The zero-order chi connectivity index (χ0) is 23.0. The van der Waals surface area contributed by atoms with E-state index in [1.54, 1.807) is 31.3 Å². The van der Waals surface area contributed by atoms with E-state index in [0.29, 0.717) is 24.5 Å². The minimum atomic E-state index is -0.356. The molecule has 3 aliphatic rings. The molecule has 12 heteroatoms. The number of ether oxygens (including phenoxy) is 2. The van der Waals surface area contributed by atoms with Crippen LogP contribution in [0.15, 0.2) is 30.0 Å². The Bertz CT molecular complexity index is 1060.